The maximum absolute atomic E-state index is 12.6. The van der Waals surface area contributed by atoms with E-state index in [2.05, 4.69) is 9.97 Å². The topological polar surface area (TPSA) is 66.1 Å². The van der Waals surface area contributed by atoms with Crippen LogP contribution in [-0.2, 0) is 16.4 Å². The largest absolute Gasteiger partial charge is 0.332 e. The molecule has 2 saturated carbocycles. The Morgan fingerprint density at radius 2 is 1.84 bits per heavy atom. The van der Waals surface area contributed by atoms with Crippen LogP contribution < -0.4 is 0 Å². The van der Waals surface area contributed by atoms with Gasteiger partial charge in [0, 0.05) is 19.5 Å². The predicted molar refractivity (Wildman–Crippen MR) is 72.2 cm³/mol. The van der Waals surface area contributed by atoms with Crippen molar-refractivity contribution in [2.75, 3.05) is 13.1 Å². The first kappa shape index (κ1) is 13.1. The van der Waals surface area contributed by atoms with Gasteiger partial charge in [0.2, 0.25) is 0 Å². The Morgan fingerprint density at radius 3 is 2.26 bits per heavy atom. The van der Waals surface area contributed by atoms with Crippen molar-refractivity contribution in [3.8, 4) is 0 Å². The lowest BCUT2D eigenvalue weighted by atomic mass is 10.4. The van der Waals surface area contributed by atoms with Gasteiger partial charge in [0.15, 0.2) is 5.03 Å². The van der Waals surface area contributed by atoms with Crippen molar-refractivity contribution < 1.29 is 8.42 Å². The van der Waals surface area contributed by atoms with Crippen LogP contribution in [0.3, 0.4) is 0 Å². The number of aromatic amines is 1. The lowest BCUT2D eigenvalue weighted by Crippen LogP contribution is -2.35. The van der Waals surface area contributed by atoms with Gasteiger partial charge in [-0.1, -0.05) is 6.92 Å². The first-order valence-electron chi connectivity index (χ1n) is 7.13. The van der Waals surface area contributed by atoms with Crippen LogP contribution in [0.1, 0.15) is 38.4 Å². The van der Waals surface area contributed by atoms with Crippen molar-refractivity contribution in [1.82, 2.24) is 14.3 Å². The molecule has 106 valence electrons. The van der Waals surface area contributed by atoms with E-state index in [0.29, 0.717) is 24.9 Å². The van der Waals surface area contributed by atoms with Crippen LogP contribution in [0.25, 0.3) is 0 Å². The molecule has 0 aliphatic heterocycles. The molecule has 0 atom stereocenters. The van der Waals surface area contributed by atoms with Gasteiger partial charge in [-0.3, -0.25) is 0 Å². The fourth-order valence-electron chi connectivity index (χ4n) is 2.24. The first-order valence-corrected chi connectivity index (χ1v) is 8.57. The second kappa shape index (κ2) is 4.90. The van der Waals surface area contributed by atoms with E-state index >= 15 is 0 Å². The zero-order valence-electron chi connectivity index (χ0n) is 11.3. The highest BCUT2D eigenvalue weighted by Gasteiger charge is 2.36. The molecule has 6 heteroatoms. The van der Waals surface area contributed by atoms with Crippen molar-refractivity contribution in [2.45, 2.75) is 44.1 Å². The molecule has 1 aromatic heterocycles. The number of sulfonamides is 1. The van der Waals surface area contributed by atoms with E-state index in [-0.39, 0.29) is 5.03 Å². The zero-order valence-corrected chi connectivity index (χ0v) is 12.1. The standard InChI is InChI=1S/C13H21N3O2S/c1-2-12-14-7-13(15-12)19(17,18)16(8-10-3-4-10)9-11-5-6-11/h7,10-11H,2-6,8-9H2,1H3,(H,14,15). The van der Waals surface area contributed by atoms with Gasteiger partial charge >= 0.3 is 0 Å². The molecule has 19 heavy (non-hydrogen) atoms. The Hall–Kier alpha value is -0.880. The number of H-pyrrole nitrogens is 1. The van der Waals surface area contributed by atoms with Gasteiger partial charge in [0.1, 0.15) is 5.82 Å². The minimum absolute atomic E-state index is 0.255. The SMILES string of the molecule is CCc1ncc(S(=O)(=O)N(CC2CC2)CC2CC2)[nH]1. The van der Waals surface area contributed by atoms with E-state index in [1.54, 1.807) is 4.31 Å². The summed E-state index contributed by atoms with van der Waals surface area (Å²) >= 11 is 0. The lowest BCUT2D eigenvalue weighted by Gasteiger charge is -2.20. The van der Waals surface area contributed by atoms with Crippen LogP contribution in [-0.4, -0.2) is 35.8 Å². The van der Waals surface area contributed by atoms with E-state index < -0.39 is 10.0 Å². The summed E-state index contributed by atoms with van der Waals surface area (Å²) in [7, 11) is -3.39. The molecule has 1 aromatic rings. The number of hydrogen-bond donors (Lipinski definition) is 1. The Kier molecular flexibility index (Phi) is 3.39. The number of imidazole rings is 1. The van der Waals surface area contributed by atoms with Crippen LogP contribution in [0.5, 0.6) is 0 Å². The summed E-state index contributed by atoms with van der Waals surface area (Å²) in [4.78, 5) is 7.04. The average Bonchev–Trinajstić information content (AvgIpc) is 3.30. The number of nitrogens with one attached hydrogen (secondary N) is 1. The van der Waals surface area contributed by atoms with E-state index in [9.17, 15) is 8.42 Å². The predicted octanol–water partition coefficient (Wildman–Crippen LogP) is 1.78. The highest BCUT2D eigenvalue weighted by Crippen LogP contribution is 2.35. The summed E-state index contributed by atoms with van der Waals surface area (Å²) in [5.41, 5.74) is 0. The van der Waals surface area contributed by atoms with Gasteiger partial charge < -0.3 is 4.98 Å². The second-order valence-corrected chi connectivity index (χ2v) is 7.66. The molecule has 0 aromatic carbocycles. The number of nitrogens with zero attached hydrogens (tertiary/aromatic N) is 2. The number of aryl methyl sites for hydroxylation is 1. The monoisotopic (exact) mass is 283 g/mol. The molecule has 0 bridgehead atoms. The van der Waals surface area contributed by atoms with Gasteiger partial charge in [0.05, 0.1) is 6.20 Å². The molecular weight excluding hydrogens is 262 g/mol. The minimum atomic E-state index is -3.39. The van der Waals surface area contributed by atoms with E-state index in [0.717, 1.165) is 12.2 Å². The Bertz CT molecular complexity index is 530. The van der Waals surface area contributed by atoms with Gasteiger partial charge in [-0.15, -0.1) is 0 Å². The normalized spacial score (nSPS) is 20.1. The maximum atomic E-state index is 12.6. The summed E-state index contributed by atoms with van der Waals surface area (Å²) in [6.07, 6.45) is 6.85. The molecule has 2 aliphatic rings. The molecule has 3 rings (SSSR count). The Labute approximate surface area is 114 Å². The van der Waals surface area contributed by atoms with Gasteiger partial charge in [-0.05, 0) is 37.5 Å². The van der Waals surface area contributed by atoms with Crippen LogP contribution in [0.2, 0.25) is 0 Å². The van der Waals surface area contributed by atoms with Gasteiger partial charge in [-0.2, -0.15) is 4.31 Å². The third kappa shape index (κ3) is 3.00. The molecule has 5 nitrogen and oxygen atoms in total. The molecule has 0 unspecified atom stereocenters. The number of aromatic nitrogens is 2. The quantitative estimate of drug-likeness (QED) is 0.829. The zero-order chi connectivity index (χ0) is 13.5. The molecule has 1 heterocycles. The summed E-state index contributed by atoms with van der Waals surface area (Å²) in [5, 5.41) is 0.255. The third-order valence-electron chi connectivity index (χ3n) is 3.88. The summed E-state index contributed by atoms with van der Waals surface area (Å²) < 4.78 is 27.0. The van der Waals surface area contributed by atoms with Gasteiger partial charge in [-0.25, -0.2) is 13.4 Å². The smallest absolute Gasteiger partial charge is 0.260 e. The number of hydrogen-bond acceptors (Lipinski definition) is 3. The molecule has 0 amide bonds. The lowest BCUT2D eigenvalue weighted by molar-refractivity contribution is 0.381. The third-order valence-corrected chi connectivity index (χ3v) is 5.62. The van der Waals surface area contributed by atoms with E-state index in [1.807, 2.05) is 6.92 Å². The second-order valence-electron chi connectivity index (χ2n) is 5.76. The Balaban J connectivity index is 1.80. The van der Waals surface area contributed by atoms with E-state index in [4.69, 9.17) is 0 Å². The molecule has 0 saturated heterocycles. The summed E-state index contributed by atoms with van der Waals surface area (Å²) in [6.45, 7) is 3.32. The van der Waals surface area contributed by atoms with Crippen LogP contribution in [0.15, 0.2) is 11.2 Å². The average molecular weight is 283 g/mol. The highest BCUT2D eigenvalue weighted by molar-refractivity contribution is 7.89. The maximum Gasteiger partial charge on any atom is 0.260 e. The fourth-order valence-corrected chi connectivity index (χ4v) is 3.77. The molecule has 2 fully saturated rings. The van der Waals surface area contributed by atoms with Crippen molar-refractivity contribution >= 4 is 10.0 Å². The van der Waals surface area contributed by atoms with Crippen LogP contribution >= 0.6 is 0 Å². The van der Waals surface area contributed by atoms with Crippen molar-refractivity contribution in [3.63, 3.8) is 0 Å². The fraction of sp³-hybridized carbons (Fsp3) is 0.769. The van der Waals surface area contributed by atoms with Crippen molar-refractivity contribution in [2.24, 2.45) is 11.8 Å². The van der Waals surface area contributed by atoms with Crippen LogP contribution in [0, 0.1) is 11.8 Å². The van der Waals surface area contributed by atoms with Crippen LogP contribution in [0.4, 0.5) is 0 Å². The summed E-state index contributed by atoms with van der Waals surface area (Å²) in [5.74, 6) is 1.88. The van der Waals surface area contributed by atoms with Crippen molar-refractivity contribution in [1.29, 1.82) is 0 Å². The van der Waals surface area contributed by atoms with Crippen molar-refractivity contribution in [3.05, 3.63) is 12.0 Å². The molecule has 0 spiro atoms. The van der Waals surface area contributed by atoms with Gasteiger partial charge in [0.25, 0.3) is 10.0 Å². The minimum Gasteiger partial charge on any atom is -0.332 e. The highest BCUT2D eigenvalue weighted by atomic mass is 32.2. The first-order chi connectivity index (χ1) is 9.09. The Morgan fingerprint density at radius 1 is 1.26 bits per heavy atom. The molecule has 0 radical (unpaired) electrons. The number of rotatable bonds is 7. The molecule has 2 aliphatic carbocycles. The summed E-state index contributed by atoms with van der Waals surface area (Å²) in [6, 6.07) is 0. The molecular formula is C13H21N3O2S. The van der Waals surface area contributed by atoms with E-state index in [1.165, 1.54) is 31.9 Å². The molecule has 1 N–H and O–H groups in total.